The molecule has 4 fully saturated rings. The first-order chi connectivity index (χ1) is 10.2. The van der Waals surface area contributed by atoms with Gasteiger partial charge < -0.3 is 16.3 Å². The molecule has 5 heteroatoms. The Balaban J connectivity index is 1.42. The zero-order valence-electron chi connectivity index (χ0n) is 12.6. The van der Waals surface area contributed by atoms with Gasteiger partial charge in [0.05, 0.1) is 0 Å². The van der Waals surface area contributed by atoms with Crippen LogP contribution in [0.15, 0.2) is 5.16 Å². The average Bonchev–Trinajstić information content (AvgIpc) is 2.45. The molecule has 4 rings (SSSR count). The summed E-state index contributed by atoms with van der Waals surface area (Å²) in [5, 5.41) is 14.5. The summed E-state index contributed by atoms with van der Waals surface area (Å²) in [6, 6.07) is 0. The zero-order chi connectivity index (χ0) is 14.8. The number of rotatable bonds is 6. The number of hydrogen-bond acceptors (Lipinski definition) is 3. The monoisotopic (exact) mass is 293 g/mol. The molecule has 0 unspecified atom stereocenters. The molecule has 4 saturated carbocycles. The quantitative estimate of drug-likeness (QED) is 0.230. The van der Waals surface area contributed by atoms with Gasteiger partial charge in [-0.2, -0.15) is 0 Å². The van der Waals surface area contributed by atoms with Gasteiger partial charge in [-0.15, -0.1) is 0 Å². The first-order valence-electron chi connectivity index (χ1n) is 8.41. The molecule has 4 aliphatic rings. The van der Waals surface area contributed by atoms with Crippen LogP contribution in [0, 0.1) is 29.6 Å². The molecule has 1 amide bonds. The highest BCUT2D eigenvalue weighted by atomic mass is 16.4. The minimum atomic E-state index is 0.266. The van der Waals surface area contributed by atoms with Crippen molar-refractivity contribution in [2.24, 2.45) is 40.5 Å². The Kier molecular flexibility index (Phi) is 4.36. The standard InChI is InChI=1S/C16H27N3O2/c17-14(19-21)3-1-2-4-18-16(20)15-12-6-10-5-11(8-12)9-13(15)7-10/h10-13,15,21H,1-9H2,(H2,17,19)(H,18,20). The Morgan fingerprint density at radius 3 is 2.29 bits per heavy atom. The van der Waals surface area contributed by atoms with Gasteiger partial charge in [0, 0.05) is 18.9 Å². The van der Waals surface area contributed by atoms with Crippen LogP contribution in [0.5, 0.6) is 0 Å². The molecule has 0 atom stereocenters. The maximum atomic E-state index is 12.5. The molecule has 4 bridgehead atoms. The number of unbranched alkanes of at least 4 members (excludes halogenated alkanes) is 1. The van der Waals surface area contributed by atoms with Crippen molar-refractivity contribution in [3.63, 3.8) is 0 Å². The second-order valence-electron chi connectivity index (χ2n) is 7.30. The van der Waals surface area contributed by atoms with Gasteiger partial charge in [-0.05, 0) is 68.6 Å². The van der Waals surface area contributed by atoms with E-state index < -0.39 is 0 Å². The van der Waals surface area contributed by atoms with Crippen molar-refractivity contribution < 1.29 is 10.0 Å². The molecule has 4 aliphatic carbocycles. The van der Waals surface area contributed by atoms with Crippen LogP contribution in [0.1, 0.15) is 51.4 Å². The number of hydrogen-bond donors (Lipinski definition) is 3. The number of amidine groups is 1. The number of nitrogens with zero attached hydrogens (tertiary/aromatic N) is 1. The van der Waals surface area contributed by atoms with Crippen molar-refractivity contribution in [3.8, 4) is 0 Å². The maximum Gasteiger partial charge on any atom is 0.223 e. The Hall–Kier alpha value is -1.26. The largest absolute Gasteiger partial charge is 0.409 e. The van der Waals surface area contributed by atoms with Gasteiger partial charge in [0.2, 0.25) is 5.91 Å². The van der Waals surface area contributed by atoms with Crippen molar-refractivity contribution in [1.82, 2.24) is 5.32 Å². The van der Waals surface area contributed by atoms with Gasteiger partial charge in [0.1, 0.15) is 5.84 Å². The first kappa shape index (κ1) is 14.7. The van der Waals surface area contributed by atoms with E-state index in [1.165, 1.54) is 32.1 Å². The van der Waals surface area contributed by atoms with Gasteiger partial charge in [0.15, 0.2) is 0 Å². The molecule has 21 heavy (non-hydrogen) atoms. The van der Waals surface area contributed by atoms with Gasteiger partial charge in [-0.1, -0.05) is 5.16 Å². The lowest BCUT2D eigenvalue weighted by Crippen LogP contribution is -2.51. The Bertz CT molecular complexity index is 394. The lowest BCUT2D eigenvalue weighted by molar-refractivity contribution is -0.138. The Morgan fingerprint density at radius 1 is 1.10 bits per heavy atom. The molecule has 0 aromatic carbocycles. The molecule has 0 aliphatic heterocycles. The van der Waals surface area contributed by atoms with E-state index in [4.69, 9.17) is 10.9 Å². The summed E-state index contributed by atoms with van der Waals surface area (Å²) in [6.45, 7) is 0.709. The molecule has 0 radical (unpaired) electrons. The number of carbonyl (C=O) groups excluding carboxylic acids is 1. The van der Waals surface area contributed by atoms with Crippen LogP contribution in [0.2, 0.25) is 0 Å². The third-order valence-corrected chi connectivity index (χ3v) is 5.82. The summed E-state index contributed by atoms with van der Waals surface area (Å²) in [6.07, 6.45) is 8.89. The highest BCUT2D eigenvalue weighted by molar-refractivity contribution is 5.80. The second-order valence-corrected chi connectivity index (χ2v) is 7.30. The third-order valence-electron chi connectivity index (χ3n) is 5.82. The predicted molar refractivity (Wildman–Crippen MR) is 80.8 cm³/mol. The SMILES string of the molecule is NC(CCCCNC(=O)C1C2CC3CC(C2)CC1C3)=NO. The summed E-state index contributed by atoms with van der Waals surface area (Å²) in [5.41, 5.74) is 5.42. The lowest BCUT2D eigenvalue weighted by Gasteiger charge is -2.53. The van der Waals surface area contributed by atoms with Crippen molar-refractivity contribution in [1.29, 1.82) is 0 Å². The number of amides is 1. The fourth-order valence-electron chi connectivity index (χ4n) is 5.16. The Labute approximate surface area is 126 Å². The van der Waals surface area contributed by atoms with Crippen molar-refractivity contribution >= 4 is 11.7 Å². The summed E-state index contributed by atoms with van der Waals surface area (Å²) < 4.78 is 0. The fraction of sp³-hybridized carbons (Fsp3) is 0.875. The van der Waals surface area contributed by atoms with E-state index in [2.05, 4.69) is 10.5 Å². The predicted octanol–water partition coefficient (Wildman–Crippen LogP) is 2.09. The van der Waals surface area contributed by atoms with Crippen molar-refractivity contribution in [2.45, 2.75) is 51.4 Å². The van der Waals surface area contributed by atoms with E-state index in [-0.39, 0.29) is 17.7 Å². The minimum absolute atomic E-state index is 0.266. The van der Waals surface area contributed by atoms with E-state index in [1.807, 2.05) is 0 Å². The van der Waals surface area contributed by atoms with E-state index in [9.17, 15) is 4.79 Å². The van der Waals surface area contributed by atoms with E-state index in [1.54, 1.807) is 0 Å². The normalized spacial score (nSPS) is 37.7. The highest BCUT2D eigenvalue weighted by Gasteiger charge is 2.50. The van der Waals surface area contributed by atoms with Crippen LogP contribution < -0.4 is 11.1 Å². The number of oxime groups is 1. The van der Waals surface area contributed by atoms with Crippen LogP contribution in [-0.2, 0) is 4.79 Å². The molecule has 0 heterocycles. The number of nitrogens with one attached hydrogen (secondary N) is 1. The van der Waals surface area contributed by atoms with Gasteiger partial charge >= 0.3 is 0 Å². The molecule has 118 valence electrons. The Morgan fingerprint density at radius 2 is 1.71 bits per heavy atom. The van der Waals surface area contributed by atoms with Crippen LogP contribution in [0.25, 0.3) is 0 Å². The molecule has 4 N–H and O–H groups in total. The minimum Gasteiger partial charge on any atom is -0.409 e. The van der Waals surface area contributed by atoms with E-state index >= 15 is 0 Å². The smallest absolute Gasteiger partial charge is 0.223 e. The molecule has 0 aromatic rings. The van der Waals surface area contributed by atoms with Crippen molar-refractivity contribution in [2.75, 3.05) is 6.54 Å². The van der Waals surface area contributed by atoms with Crippen LogP contribution in [0.3, 0.4) is 0 Å². The average molecular weight is 293 g/mol. The number of carbonyl (C=O) groups is 1. The van der Waals surface area contributed by atoms with Gasteiger partial charge in [0.25, 0.3) is 0 Å². The summed E-state index contributed by atoms with van der Waals surface area (Å²) in [4.78, 5) is 12.5. The summed E-state index contributed by atoms with van der Waals surface area (Å²) >= 11 is 0. The van der Waals surface area contributed by atoms with Crippen LogP contribution in [0.4, 0.5) is 0 Å². The summed E-state index contributed by atoms with van der Waals surface area (Å²) in [7, 11) is 0. The van der Waals surface area contributed by atoms with Gasteiger partial charge in [-0.3, -0.25) is 4.79 Å². The van der Waals surface area contributed by atoms with Crippen LogP contribution in [-0.4, -0.2) is 23.5 Å². The topological polar surface area (TPSA) is 87.7 Å². The maximum absolute atomic E-state index is 12.5. The second kappa shape index (κ2) is 6.24. The van der Waals surface area contributed by atoms with Crippen LogP contribution >= 0.6 is 0 Å². The third kappa shape index (κ3) is 3.16. The molecule has 0 saturated heterocycles. The van der Waals surface area contributed by atoms with E-state index in [0.717, 1.165) is 24.7 Å². The summed E-state index contributed by atoms with van der Waals surface area (Å²) in [5.74, 6) is 3.96. The molecular formula is C16H27N3O2. The van der Waals surface area contributed by atoms with E-state index in [0.29, 0.717) is 24.8 Å². The lowest BCUT2D eigenvalue weighted by atomic mass is 9.51. The number of nitrogens with two attached hydrogens (primary N) is 1. The molecule has 5 nitrogen and oxygen atoms in total. The van der Waals surface area contributed by atoms with Crippen molar-refractivity contribution in [3.05, 3.63) is 0 Å². The molecule has 0 spiro atoms. The first-order valence-corrected chi connectivity index (χ1v) is 8.41. The molecule has 0 aromatic heterocycles. The molecular weight excluding hydrogens is 266 g/mol. The fourth-order valence-corrected chi connectivity index (χ4v) is 5.16. The van der Waals surface area contributed by atoms with Gasteiger partial charge in [-0.25, -0.2) is 0 Å². The highest BCUT2D eigenvalue weighted by Crippen LogP contribution is 2.56. The zero-order valence-corrected chi connectivity index (χ0v) is 12.6.